The summed E-state index contributed by atoms with van der Waals surface area (Å²) >= 11 is 0. The van der Waals surface area contributed by atoms with Crippen LogP contribution in [-0.2, 0) is 0 Å². The fourth-order valence-corrected chi connectivity index (χ4v) is 3.13. The molecule has 3 rings (SSSR count). The van der Waals surface area contributed by atoms with Gasteiger partial charge in [0, 0.05) is 11.4 Å². The maximum absolute atomic E-state index is 5.48. The summed E-state index contributed by atoms with van der Waals surface area (Å²) in [6.07, 6.45) is 2.45. The summed E-state index contributed by atoms with van der Waals surface area (Å²) in [4.78, 5) is 0. The van der Waals surface area contributed by atoms with E-state index >= 15 is 0 Å². The van der Waals surface area contributed by atoms with E-state index in [2.05, 4.69) is 36.5 Å². The first-order valence-electron chi connectivity index (χ1n) is 7.08. The lowest BCUT2D eigenvalue weighted by molar-refractivity contribution is 0.381. The molecule has 2 nitrogen and oxygen atoms in total. The van der Waals surface area contributed by atoms with Gasteiger partial charge in [-0.05, 0) is 55.3 Å². The molecule has 0 bridgehead atoms. The van der Waals surface area contributed by atoms with Crippen LogP contribution in [0.1, 0.15) is 31.2 Å². The zero-order valence-corrected chi connectivity index (χ0v) is 11.6. The van der Waals surface area contributed by atoms with E-state index in [0.717, 1.165) is 12.3 Å². The molecule has 2 aromatic carbocycles. The van der Waals surface area contributed by atoms with Gasteiger partial charge in [-0.1, -0.05) is 24.3 Å². The highest BCUT2D eigenvalue weighted by Crippen LogP contribution is 2.33. The van der Waals surface area contributed by atoms with Crippen molar-refractivity contribution in [2.24, 2.45) is 0 Å². The molecule has 2 aromatic rings. The topological polar surface area (TPSA) is 21.3 Å². The lowest BCUT2D eigenvalue weighted by Gasteiger charge is -2.28. The summed E-state index contributed by atoms with van der Waals surface area (Å²) in [5.41, 5.74) is 1.45. The van der Waals surface area contributed by atoms with E-state index in [4.69, 9.17) is 4.74 Å². The Kier molecular flexibility index (Phi) is 3.43. The molecule has 2 atom stereocenters. The number of nitrogens with one attached hydrogen (secondary N) is 1. The van der Waals surface area contributed by atoms with Crippen LogP contribution in [0.25, 0.3) is 10.8 Å². The van der Waals surface area contributed by atoms with Gasteiger partial charge in [-0.2, -0.15) is 0 Å². The van der Waals surface area contributed by atoms with Crippen LogP contribution in [0.5, 0.6) is 5.75 Å². The molecular weight excluding hydrogens is 234 g/mol. The normalized spacial score (nSPS) is 23.5. The van der Waals surface area contributed by atoms with Crippen molar-refractivity contribution in [2.45, 2.75) is 31.7 Å². The standard InChI is InChI=1S/C17H21NO/c1-12-10-15(8-9-18-12)14-7-6-13-4-3-5-17(19-2)16(13)11-14/h3-7,11-12,15,18H,8-10H2,1-2H3/t12-,15?/m0/s1. The van der Waals surface area contributed by atoms with Crippen LogP contribution in [0, 0.1) is 0 Å². The van der Waals surface area contributed by atoms with Gasteiger partial charge >= 0.3 is 0 Å². The van der Waals surface area contributed by atoms with Crippen molar-refractivity contribution >= 4 is 10.8 Å². The number of rotatable bonds is 2. The van der Waals surface area contributed by atoms with E-state index in [1.807, 2.05) is 12.1 Å². The SMILES string of the molecule is COc1cccc2ccc(C3CCN[C@@H](C)C3)cc12. The van der Waals surface area contributed by atoms with E-state index in [9.17, 15) is 0 Å². The Hall–Kier alpha value is -1.54. The van der Waals surface area contributed by atoms with Gasteiger partial charge in [-0.25, -0.2) is 0 Å². The van der Waals surface area contributed by atoms with Gasteiger partial charge in [0.2, 0.25) is 0 Å². The van der Waals surface area contributed by atoms with Crippen LogP contribution in [0.15, 0.2) is 36.4 Å². The van der Waals surface area contributed by atoms with Crippen molar-refractivity contribution < 1.29 is 4.74 Å². The van der Waals surface area contributed by atoms with Crippen molar-refractivity contribution in [3.8, 4) is 5.75 Å². The first kappa shape index (κ1) is 12.5. The molecular formula is C17H21NO. The Morgan fingerprint density at radius 3 is 2.89 bits per heavy atom. The molecule has 1 aliphatic rings. The van der Waals surface area contributed by atoms with E-state index in [-0.39, 0.29) is 0 Å². The number of fused-ring (bicyclic) bond motifs is 1. The van der Waals surface area contributed by atoms with Crippen LogP contribution >= 0.6 is 0 Å². The fourth-order valence-electron chi connectivity index (χ4n) is 3.13. The Balaban J connectivity index is 2.00. The van der Waals surface area contributed by atoms with Gasteiger partial charge in [0.25, 0.3) is 0 Å². The lowest BCUT2D eigenvalue weighted by atomic mass is 9.86. The molecule has 0 radical (unpaired) electrons. The number of benzene rings is 2. The predicted molar refractivity (Wildman–Crippen MR) is 79.9 cm³/mol. The summed E-state index contributed by atoms with van der Waals surface area (Å²) < 4.78 is 5.48. The van der Waals surface area contributed by atoms with Crippen LogP contribution < -0.4 is 10.1 Å². The molecule has 1 N–H and O–H groups in total. The van der Waals surface area contributed by atoms with Crippen molar-refractivity contribution in [2.75, 3.05) is 13.7 Å². The fraction of sp³-hybridized carbons (Fsp3) is 0.412. The molecule has 0 spiro atoms. The first-order valence-corrected chi connectivity index (χ1v) is 7.08. The summed E-state index contributed by atoms with van der Waals surface area (Å²) in [5.74, 6) is 1.65. The summed E-state index contributed by atoms with van der Waals surface area (Å²) in [6.45, 7) is 3.39. The van der Waals surface area contributed by atoms with E-state index < -0.39 is 0 Å². The van der Waals surface area contributed by atoms with Crippen molar-refractivity contribution in [1.82, 2.24) is 5.32 Å². The van der Waals surface area contributed by atoms with Crippen molar-refractivity contribution in [3.63, 3.8) is 0 Å². The number of methoxy groups -OCH3 is 1. The maximum Gasteiger partial charge on any atom is 0.126 e. The monoisotopic (exact) mass is 255 g/mol. The van der Waals surface area contributed by atoms with Crippen molar-refractivity contribution in [3.05, 3.63) is 42.0 Å². The lowest BCUT2D eigenvalue weighted by Crippen LogP contribution is -2.34. The largest absolute Gasteiger partial charge is 0.496 e. The molecule has 19 heavy (non-hydrogen) atoms. The van der Waals surface area contributed by atoms with Crippen molar-refractivity contribution in [1.29, 1.82) is 0 Å². The van der Waals surface area contributed by atoms with Gasteiger partial charge in [-0.3, -0.25) is 0 Å². The van der Waals surface area contributed by atoms with Gasteiger partial charge in [0.1, 0.15) is 5.75 Å². The third kappa shape index (κ3) is 2.45. The van der Waals surface area contributed by atoms with Gasteiger partial charge in [0.15, 0.2) is 0 Å². The zero-order valence-electron chi connectivity index (χ0n) is 11.6. The molecule has 0 aliphatic carbocycles. The van der Waals surface area contributed by atoms with E-state index in [0.29, 0.717) is 12.0 Å². The molecule has 1 saturated heterocycles. The molecule has 2 heteroatoms. The quantitative estimate of drug-likeness (QED) is 0.883. The van der Waals surface area contributed by atoms with Crippen LogP contribution in [0.2, 0.25) is 0 Å². The zero-order chi connectivity index (χ0) is 13.2. The second-order valence-electron chi connectivity index (χ2n) is 5.52. The Bertz CT molecular complexity index is 578. The summed E-state index contributed by atoms with van der Waals surface area (Å²) in [5, 5.41) is 6.00. The number of hydrogen-bond acceptors (Lipinski definition) is 2. The van der Waals surface area contributed by atoms with Gasteiger partial charge < -0.3 is 10.1 Å². The van der Waals surface area contributed by atoms with E-state index in [1.165, 1.54) is 29.2 Å². The summed E-state index contributed by atoms with van der Waals surface area (Å²) in [6, 6.07) is 13.7. The highest BCUT2D eigenvalue weighted by molar-refractivity contribution is 5.89. The van der Waals surface area contributed by atoms with Gasteiger partial charge in [-0.15, -0.1) is 0 Å². The molecule has 1 fully saturated rings. The van der Waals surface area contributed by atoms with Crippen LogP contribution in [-0.4, -0.2) is 19.7 Å². The molecule has 0 aromatic heterocycles. The smallest absolute Gasteiger partial charge is 0.126 e. The molecule has 1 unspecified atom stereocenters. The third-order valence-electron chi connectivity index (χ3n) is 4.18. The minimum atomic E-state index is 0.618. The van der Waals surface area contributed by atoms with Crippen LogP contribution in [0.3, 0.4) is 0 Å². The first-order chi connectivity index (χ1) is 9.28. The highest BCUT2D eigenvalue weighted by Gasteiger charge is 2.20. The summed E-state index contributed by atoms with van der Waals surface area (Å²) in [7, 11) is 1.74. The number of ether oxygens (including phenoxy) is 1. The molecule has 100 valence electrons. The minimum Gasteiger partial charge on any atom is -0.496 e. The highest BCUT2D eigenvalue weighted by atomic mass is 16.5. The molecule has 0 saturated carbocycles. The minimum absolute atomic E-state index is 0.618. The molecule has 1 heterocycles. The second-order valence-corrected chi connectivity index (χ2v) is 5.52. The Morgan fingerprint density at radius 2 is 2.11 bits per heavy atom. The number of hydrogen-bond donors (Lipinski definition) is 1. The molecule has 1 aliphatic heterocycles. The third-order valence-corrected chi connectivity index (χ3v) is 4.18. The second kappa shape index (κ2) is 5.22. The van der Waals surface area contributed by atoms with Gasteiger partial charge in [0.05, 0.1) is 7.11 Å². The molecule has 0 amide bonds. The predicted octanol–water partition coefficient (Wildman–Crippen LogP) is 3.70. The number of piperidine rings is 1. The Morgan fingerprint density at radius 1 is 1.21 bits per heavy atom. The average molecular weight is 255 g/mol. The average Bonchev–Trinajstić information content (AvgIpc) is 2.46. The maximum atomic E-state index is 5.48. The van der Waals surface area contributed by atoms with Crippen LogP contribution in [0.4, 0.5) is 0 Å². The Labute approximate surface area is 114 Å². The van der Waals surface area contributed by atoms with E-state index in [1.54, 1.807) is 7.11 Å².